The number of hydrogen-bond donors (Lipinski definition) is 0. The first-order valence-electron chi connectivity index (χ1n) is 5.31. The number of hydrogen-bond acceptors (Lipinski definition) is 1. The van der Waals surface area contributed by atoms with Gasteiger partial charge >= 0.3 is 0 Å². The highest BCUT2D eigenvalue weighted by atomic mass is 16.5. The third-order valence-electron chi connectivity index (χ3n) is 2.63. The minimum Gasteiger partial charge on any atom is -0.366 e. The number of rotatable bonds is 3. The molecular weight excluding hydrogens is 184 g/mol. The van der Waals surface area contributed by atoms with Crippen LogP contribution < -0.4 is 0 Å². The molecule has 0 bridgehead atoms. The van der Waals surface area contributed by atoms with Gasteiger partial charge in [-0.25, -0.2) is 0 Å². The molecule has 1 aliphatic rings. The quantitative estimate of drug-likeness (QED) is 0.725. The fourth-order valence-electron chi connectivity index (χ4n) is 1.64. The second-order valence-corrected chi connectivity index (χ2v) is 4.08. The van der Waals surface area contributed by atoms with E-state index in [9.17, 15) is 0 Å². The molecule has 1 aromatic carbocycles. The average molecular weight is 200 g/mol. The molecule has 15 heavy (non-hydrogen) atoms. The van der Waals surface area contributed by atoms with Crippen LogP contribution in [-0.4, -0.2) is 5.60 Å². The fourth-order valence-corrected chi connectivity index (χ4v) is 1.64. The Bertz CT molecular complexity index is 364. The Kier molecular flexibility index (Phi) is 3.02. The summed E-state index contributed by atoms with van der Waals surface area (Å²) >= 11 is 0. The molecule has 1 aliphatic carbocycles. The zero-order valence-electron chi connectivity index (χ0n) is 9.02. The Labute approximate surface area is 91.1 Å². The summed E-state index contributed by atoms with van der Waals surface area (Å²) < 4.78 is 5.92. The summed E-state index contributed by atoms with van der Waals surface area (Å²) in [6.45, 7) is 2.80. The molecule has 0 amide bonds. The minimum atomic E-state index is -0.134. The molecular formula is C14H16O. The smallest absolute Gasteiger partial charge is 0.0876 e. The van der Waals surface area contributed by atoms with E-state index in [1.807, 2.05) is 18.2 Å². The van der Waals surface area contributed by atoms with Crippen LogP contribution in [0.2, 0.25) is 0 Å². The van der Waals surface area contributed by atoms with E-state index < -0.39 is 0 Å². The number of benzene rings is 1. The first kappa shape index (κ1) is 10.2. The Morgan fingerprint density at radius 1 is 1.20 bits per heavy atom. The molecule has 1 heteroatoms. The van der Waals surface area contributed by atoms with Crippen LogP contribution in [0.3, 0.4) is 0 Å². The summed E-state index contributed by atoms with van der Waals surface area (Å²) in [6.07, 6.45) is 9.33. The molecule has 0 saturated heterocycles. The van der Waals surface area contributed by atoms with Crippen molar-refractivity contribution in [3.05, 3.63) is 60.2 Å². The van der Waals surface area contributed by atoms with Crippen LogP contribution in [0.15, 0.2) is 54.6 Å². The van der Waals surface area contributed by atoms with Gasteiger partial charge in [0.15, 0.2) is 0 Å². The fraction of sp³-hybridized carbons (Fsp3) is 0.286. The van der Waals surface area contributed by atoms with Crippen molar-refractivity contribution in [2.45, 2.75) is 25.6 Å². The van der Waals surface area contributed by atoms with Gasteiger partial charge in [-0.15, -0.1) is 0 Å². The van der Waals surface area contributed by atoms with E-state index in [4.69, 9.17) is 4.74 Å². The highest BCUT2D eigenvalue weighted by Gasteiger charge is 2.21. The van der Waals surface area contributed by atoms with Crippen LogP contribution in [0.25, 0.3) is 0 Å². The van der Waals surface area contributed by atoms with E-state index in [0.29, 0.717) is 6.61 Å². The van der Waals surface area contributed by atoms with Crippen LogP contribution in [0, 0.1) is 0 Å². The Balaban J connectivity index is 1.93. The van der Waals surface area contributed by atoms with E-state index in [-0.39, 0.29) is 5.60 Å². The van der Waals surface area contributed by atoms with Gasteiger partial charge in [-0.2, -0.15) is 0 Å². The molecule has 0 aliphatic heterocycles. The first-order chi connectivity index (χ1) is 7.29. The molecule has 0 N–H and O–H groups in total. The summed E-state index contributed by atoms with van der Waals surface area (Å²) in [5.41, 5.74) is 1.09. The largest absolute Gasteiger partial charge is 0.366 e. The molecule has 0 fully saturated rings. The number of ether oxygens (including phenoxy) is 1. The zero-order chi connectivity index (χ0) is 10.6. The first-order valence-corrected chi connectivity index (χ1v) is 5.31. The highest BCUT2D eigenvalue weighted by Crippen LogP contribution is 2.22. The second kappa shape index (κ2) is 4.45. The maximum absolute atomic E-state index is 5.92. The van der Waals surface area contributed by atoms with Gasteiger partial charge in [0.25, 0.3) is 0 Å². The maximum atomic E-state index is 5.92. The van der Waals surface area contributed by atoms with Crippen molar-refractivity contribution >= 4 is 0 Å². The SMILES string of the molecule is CC1(OCc2ccccc2)C=CC=CC1. The van der Waals surface area contributed by atoms with Gasteiger partial charge < -0.3 is 4.74 Å². The number of allylic oxidation sites excluding steroid dienone is 2. The third-order valence-corrected chi connectivity index (χ3v) is 2.63. The Morgan fingerprint density at radius 2 is 2.00 bits per heavy atom. The lowest BCUT2D eigenvalue weighted by atomic mass is 9.97. The Morgan fingerprint density at radius 3 is 2.67 bits per heavy atom. The van der Waals surface area contributed by atoms with Crippen LogP contribution in [0.5, 0.6) is 0 Å². The molecule has 0 heterocycles. The van der Waals surface area contributed by atoms with Gasteiger partial charge in [0, 0.05) is 0 Å². The lowest BCUT2D eigenvalue weighted by molar-refractivity contribution is -0.00523. The molecule has 1 nitrogen and oxygen atoms in total. The van der Waals surface area contributed by atoms with Crippen molar-refractivity contribution < 1.29 is 4.74 Å². The normalized spacial score (nSPS) is 24.3. The topological polar surface area (TPSA) is 9.23 Å². The molecule has 1 aromatic rings. The predicted octanol–water partition coefficient (Wildman–Crippen LogP) is 3.48. The van der Waals surface area contributed by atoms with Gasteiger partial charge in [-0.1, -0.05) is 54.6 Å². The van der Waals surface area contributed by atoms with Crippen LogP contribution >= 0.6 is 0 Å². The van der Waals surface area contributed by atoms with E-state index in [0.717, 1.165) is 6.42 Å². The van der Waals surface area contributed by atoms with Crippen molar-refractivity contribution in [2.75, 3.05) is 0 Å². The summed E-state index contributed by atoms with van der Waals surface area (Å²) in [5, 5.41) is 0. The molecule has 0 radical (unpaired) electrons. The van der Waals surface area contributed by atoms with Gasteiger partial charge in [-0.05, 0) is 18.9 Å². The van der Waals surface area contributed by atoms with Crippen LogP contribution in [0.1, 0.15) is 18.9 Å². The van der Waals surface area contributed by atoms with Crippen molar-refractivity contribution in [3.63, 3.8) is 0 Å². The standard InChI is InChI=1S/C14H16O/c1-14(10-6-3-7-11-14)15-12-13-8-4-2-5-9-13/h2-10H,11-12H2,1H3. The van der Waals surface area contributed by atoms with E-state index in [1.165, 1.54) is 5.56 Å². The van der Waals surface area contributed by atoms with Gasteiger partial charge in [0.05, 0.1) is 12.2 Å². The van der Waals surface area contributed by atoms with Crippen LogP contribution in [-0.2, 0) is 11.3 Å². The Hall–Kier alpha value is -1.34. The van der Waals surface area contributed by atoms with Crippen molar-refractivity contribution in [3.8, 4) is 0 Å². The van der Waals surface area contributed by atoms with Gasteiger partial charge in [0.2, 0.25) is 0 Å². The lowest BCUT2D eigenvalue weighted by Gasteiger charge is -2.27. The van der Waals surface area contributed by atoms with Crippen molar-refractivity contribution in [1.29, 1.82) is 0 Å². The van der Waals surface area contributed by atoms with Crippen molar-refractivity contribution in [1.82, 2.24) is 0 Å². The molecule has 0 saturated carbocycles. The summed E-state index contributed by atoms with van der Waals surface area (Å²) in [6, 6.07) is 10.3. The zero-order valence-corrected chi connectivity index (χ0v) is 9.02. The molecule has 2 rings (SSSR count). The summed E-state index contributed by atoms with van der Waals surface area (Å²) in [7, 11) is 0. The molecule has 1 atom stereocenters. The van der Waals surface area contributed by atoms with E-state index in [1.54, 1.807) is 0 Å². The second-order valence-electron chi connectivity index (χ2n) is 4.08. The lowest BCUT2D eigenvalue weighted by Crippen LogP contribution is -2.26. The molecule has 78 valence electrons. The molecule has 0 aromatic heterocycles. The van der Waals surface area contributed by atoms with Crippen LogP contribution in [0.4, 0.5) is 0 Å². The summed E-state index contributed by atoms with van der Waals surface area (Å²) in [5.74, 6) is 0. The monoisotopic (exact) mass is 200 g/mol. The maximum Gasteiger partial charge on any atom is 0.0876 e. The van der Waals surface area contributed by atoms with E-state index in [2.05, 4.69) is 43.4 Å². The highest BCUT2D eigenvalue weighted by molar-refractivity contribution is 5.18. The average Bonchev–Trinajstić information content (AvgIpc) is 2.29. The minimum absolute atomic E-state index is 0.134. The molecule has 0 spiro atoms. The van der Waals surface area contributed by atoms with Gasteiger partial charge in [-0.3, -0.25) is 0 Å². The van der Waals surface area contributed by atoms with E-state index >= 15 is 0 Å². The molecule has 1 unspecified atom stereocenters. The third kappa shape index (κ3) is 2.80. The van der Waals surface area contributed by atoms with Crippen molar-refractivity contribution in [2.24, 2.45) is 0 Å². The predicted molar refractivity (Wildman–Crippen MR) is 62.5 cm³/mol. The summed E-state index contributed by atoms with van der Waals surface area (Å²) in [4.78, 5) is 0. The van der Waals surface area contributed by atoms with Gasteiger partial charge in [0.1, 0.15) is 0 Å².